The van der Waals surface area contributed by atoms with Crippen LogP contribution in [0.4, 0.5) is 0 Å². The van der Waals surface area contributed by atoms with E-state index in [1.807, 2.05) is 18.2 Å². The SMILES string of the molecule is CC12CCC(C1)C1(C)Oc3ccc(C(=O)Sc4ccc(C(=O)[O-])cc4CBr)cc3C21C. The lowest BCUT2D eigenvalue weighted by molar-refractivity contribution is -0.255. The fourth-order valence-corrected chi connectivity index (χ4v) is 7.88. The highest BCUT2D eigenvalue weighted by atomic mass is 79.9. The molecule has 2 aromatic rings. The van der Waals surface area contributed by atoms with Gasteiger partial charge in [-0.25, -0.2) is 0 Å². The molecule has 31 heavy (non-hydrogen) atoms. The number of hydrogen-bond donors (Lipinski definition) is 0. The maximum Gasteiger partial charge on any atom is 0.224 e. The molecule has 0 spiro atoms. The van der Waals surface area contributed by atoms with Gasteiger partial charge in [-0.3, -0.25) is 4.79 Å². The van der Waals surface area contributed by atoms with E-state index >= 15 is 0 Å². The Balaban J connectivity index is 1.48. The van der Waals surface area contributed by atoms with Crippen LogP contribution in [0.15, 0.2) is 41.3 Å². The van der Waals surface area contributed by atoms with Crippen LogP contribution in [0.3, 0.4) is 0 Å². The minimum Gasteiger partial charge on any atom is -0.545 e. The number of carbonyl (C=O) groups is 2. The minimum absolute atomic E-state index is 0.0586. The third-order valence-electron chi connectivity index (χ3n) is 8.44. The maximum absolute atomic E-state index is 13.2. The Morgan fingerprint density at radius 3 is 2.61 bits per heavy atom. The molecule has 4 atom stereocenters. The summed E-state index contributed by atoms with van der Waals surface area (Å²) in [6, 6.07) is 10.5. The van der Waals surface area contributed by atoms with Gasteiger partial charge in [0.15, 0.2) is 0 Å². The van der Waals surface area contributed by atoms with Crippen LogP contribution in [-0.4, -0.2) is 16.7 Å². The number of thioether (sulfide) groups is 1. The summed E-state index contributed by atoms with van der Waals surface area (Å²) in [6.45, 7) is 6.95. The molecule has 4 nitrogen and oxygen atoms in total. The summed E-state index contributed by atoms with van der Waals surface area (Å²) >= 11 is 4.52. The van der Waals surface area contributed by atoms with Crippen molar-refractivity contribution >= 4 is 38.8 Å². The number of hydrogen-bond acceptors (Lipinski definition) is 5. The molecular weight excluding hydrogens is 476 g/mol. The van der Waals surface area contributed by atoms with E-state index in [0.717, 1.165) is 33.5 Å². The molecule has 0 aromatic heterocycles. The van der Waals surface area contributed by atoms with Crippen molar-refractivity contribution in [1.82, 2.24) is 0 Å². The first-order valence-corrected chi connectivity index (χ1v) is 12.5. The maximum atomic E-state index is 13.2. The lowest BCUT2D eigenvalue weighted by atomic mass is 9.56. The third kappa shape index (κ3) is 2.73. The molecule has 2 saturated carbocycles. The van der Waals surface area contributed by atoms with Crippen LogP contribution in [0.1, 0.15) is 71.9 Å². The summed E-state index contributed by atoms with van der Waals surface area (Å²) in [7, 11) is 0. The highest BCUT2D eigenvalue weighted by Gasteiger charge is 2.73. The molecule has 0 radical (unpaired) electrons. The smallest absolute Gasteiger partial charge is 0.224 e. The number of benzene rings is 2. The van der Waals surface area contributed by atoms with E-state index in [-0.39, 0.29) is 27.1 Å². The zero-order valence-corrected chi connectivity index (χ0v) is 20.2. The predicted octanol–water partition coefficient (Wildman–Crippen LogP) is 5.11. The first-order chi connectivity index (χ1) is 14.6. The van der Waals surface area contributed by atoms with Crippen molar-refractivity contribution in [3.05, 3.63) is 58.7 Å². The van der Waals surface area contributed by atoms with Gasteiger partial charge in [0.2, 0.25) is 5.12 Å². The zero-order valence-electron chi connectivity index (χ0n) is 17.8. The van der Waals surface area contributed by atoms with Gasteiger partial charge >= 0.3 is 0 Å². The Morgan fingerprint density at radius 2 is 1.90 bits per heavy atom. The van der Waals surface area contributed by atoms with Gasteiger partial charge in [-0.15, -0.1) is 0 Å². The van der Waals surface area contributed by atoms with E-state index in [1.54, 1.807) is 12.1 Å². The summed E-state index contributed by atoms with van der Waals surface area (Å²) in [5.41, 5.74) is 2.50. The summed E-state index contributed by atoms with van der Waals surface area (Å²) in [4.78, 5) is 25.1. The van der Waals surface area contributed by atoms with Crippen molar-refractivity contribution in [1.29, 1.82) is 0 Å². The van der Waals surface area contributed by atoms with Gasteiger partial charge in [0, 0.05) is 26.8 Å². The van der Waals surface area contributed by atoms with Crippen LogP contribution in [0, 0.1) is 11.3 Å². The number of ether oxygens (including phenoxy) is 1. The number of carbonyl (C=O) groups excluding carboxylic acids is 2. The number of halogens is 1. The van der Waals surface area contributed by atoms with Crippen molar-refractivity contribution in [2.45, 2.75) is 61.3 Å². The highest BCUT2D eigenvalue weighted by Crippen LogP contribution is 2.73. The number of carboxylic acid groups (broad SMARTS) is 1. The molecule has 6 heteroatoms. The van der Waals surface area contributed by atoms with Crippen molar-refractivity contribution in [3.63, 3.8) is 0 Å². The molecule has 0 saturated heterocycles. The summed E-state index contributed by atoms with van der Waals surface area (Å²) in [6.07, 6.45) is 3.57. The Labute approximate surface area is 194 Å². The number of alkyl halides is 1. The van der Waals surface area contributed by atoms with Gasteiger partial charge in [-0.1, -0.05) is 35.8 Å². The van der Waals surface area contributed by atoms with Gasteiger partial charge < -0.3 is 14.6 Å². The second-order valence-corrected chi connectivity index (χ2v) is 11.3. The van der Waals surface area contributed by atoms with Gasteiger partial charge in [0.1, 0.15) is 11.4 Å². The number of aromatic carboxylic acids is 1. The average Bonchev–Trinajstić information content (AvgIpc) is 3.31. The topological polar surface area (TPSA) is 66.4 Å². The van der Waals surface area contributed by atoms with Crippen molar-refractivity contribution < 1.29 is 19.4 Å². The number of rotatable bonds is 4. The summed E-state index contributed by atoms with van der Waals surface area (Å²) in [5, 5.41) is 11.5. The van der Waals surface area contributed by atoms with E-state index in [4.69, 9.17) is 4.74 Å². The van der Waals surface area contributed by atoms with Crippen LogP contribution >= 0.6 is 27.7 Å². The van der Waals surface area contributed by atoms with Gasteiger partial charge in [0.05, 0.1) is 5.97 Å². The standard InChI is InChI=1S/C25H25BrO4S/c1-23-9-8-17(12-23)25(3)24(23,2)18-11-15(4-6-19(18)30-25)22(29)31-20-7-5-14(21(27)28)10-16(20)13-26/h4-7,10-11,17H,8-9,12-13H2,1-3H3,(H,27,28)/p-1. The van der Waals surface area contributed by atoms with Crippen molar-refractivity contribution in [3.8, 4) is 5.75 Å². The fraction of sp³-hybridized carbons (Fsp3) is 0.440. The zero-order chi connectivity index (χ0) is 22.2. The largest absolute Gasteiger partial charge is 0.545 e. The second-order valence-electron chi connectivity index (χ2n) is 9.68. The molecule has 2 bridgehead atoms. The lowest BCUT2D eigenvalue weighted by Gasteiger charge is -2.48. The Morgan fingerprint density at radius 1 is 1.16 bits per heavy atom. The van der Waals surface area contributed by atoms with Crippen molar-refractivity contribution in [2.75, 3.05) is 0 Å². The average molecular weight is 500 g/mol. The molecule has 1 aliphatic heterocycles. The van der Waals surface area contributed by atoms with E-state index in [9.17, 15) is 14.7 Å². The Hall–Kier alpha value is -1.79. The monoisotopic (exact) mass is 499 g/mol. The molecule has 2 aromatic carbocycles. The number of fused-ring (bicyclic) bond motifs is 7. The predicted molar refractivity (Wildman–Crippen MR) is 122 cm³/mol. The second kappa shape index (κ2) is 6.85. The minimum atomic E-state index is -1.22. The van der Waals surface area contributed by atoms with Crippen LogP contribution in [0.5, 0.6) is 5.75 Å². The lowest BCUT2D eigenvalue weighted by Crippen LogP contribution is -2.54. The van der Waals surface area contributed by atoms with Crippen LogP contribution < -0.4 is 9.84 Å². The molecule has 1 heterocycles. The van der Waals surface area contributed by atoms with Crippen molar-refractivity contribution in [2.24, 2.45) is 11.3 Å². The van der Waals surface area contributed by atoms with Crippen LogP contribution in [0.25, 0.3) is 0 Å². The molecule has 4 unspecified atom stereocenters. The molecule has 2 aliphatic carbocycles. The normalized spacial score (nSPS) is 32.5. The van der Waals surface area contributed by atoms with E-state index < -0.39 is 5.97 Å². The quantitative estimate of drug-likeness (QED) is 0.432. The van der Waals surface area contributed by atoms with E-state index in [1.165, 1.54) is 25.3 Å². The summed E-state index contributed by atoms with van der Waals surface area (Å²) in [5.74, 6) is 0.232. The summed E-state index contributed by atoms with van der Waals surface area (Å²) < 4.78 is 6.56. The van der Waals surface area contributed by atoms with Gasteiger partial charge in [-0.05, 0) is 90.7 Å². The van der Waals surface area contributed by atoms with Gasteiger partial charge in [0.25, 0.3) is 0 Å². The molecule has 3 aliphatic rings. The first kappa shape index (κ1) is 21.1. The molecular formula is C25H24BrO4S-. The first-order valence-electron chi connectivity index (χ1n) is 10.6. The molecule has 5 rings (SSSR count). The third-order valence-corrected chi connectivity index (χ3v) is 10.1. The molecule has 0 amide bonds. The Kier molecular flexibility index (Phi) is 4.66. The van der Waals surface area contributed by atoms with E-state index in [2.05, 4.69) is 36.7 Å². The van der Waals surface area contributed by atoms with E-state index in [0.29, 0.717) is 16.8 Å². The van der Waals surface area contributed by atoms with Crippen LogP contribution in [0.2, 0.25) is 0 Å². The van der Waals surface area contributed by atoms with Crippen LogP contribution in [-0.2, 0) is 10.7 Å². The fourth-order valence-electron chi connectivity index (χ4n) is 6.38. The van der Waals surface area contributed by atoms with Gasteiger partial charge in [-0.2, -0.15) is 0 Å². The number of carboxylic acids is 1. The Bertz CT molecular complexity index is 1130. The molecule has 162 valence electrons. The molecule has 0 N–H and O–H groups in total. The highest BCUT2D eigenvalue weighted by molar-refractivity contribution is 9.08. The molecule has 2 fully saturated rings.